The summed E-state index contributed by atoms with van der Waals surface area (Å²) in [5, 5.41) is 9.87. The van der Waals surface area contributed by atoms with Gasteiger partial charge >= 0.3 is 0 Å². The van der Waals surface area contributed by atoms with E-state index in [1.807, 2.05) is 0 Å². The van der Waals surface area contributed by atoms with Crippen molar-refractivity contribution in [3.63, 3.8) is 0 Å². The van der Waals surface area contributed by atoms with Crippen molar-refractivity contribution in [3.8, 4) is 11.5 Å². The van der Waals surface area contributed by atoms with E-state index in [9.17, 15) is 18.3 Å². The number of aromatic hydroxyl groups is 1. The number of benzene rings is 2. The van der Waals surface area contributed by atoms with Gasteiger partial charge in [-0.2, -0.15) is 8.42 Å². The Morgan fingerprint density at radius 2 is 1.73 bits per heavy atom. The third-order valence-electron chi connectivity index (χ3n) is 2.84. The summed E-state index contributed by atoms with van der Waals surface area (Å²) < 4.78 is 36.6. The number of phenols is 1. The van der Waals surface area contributed by atoms with Crippen LogP contribution in [0, 0.1) is 0 Å². The summed E-state index contributed by atoms with van der Waals surface area (Å²) in [6.45, 7) is 0. The van der Waals surface area contributed by atoms with Crippen LogP contribution in [0.1, 0.15) is 15.9 Å². The summed E-state index contributed by atoms with van der Waals surface area (Å²) in [6.07, 6.45) is 0. The van der Waals surface area contributed by atoms with Gasteiger partial charge in [-0.15, -0.1) is 0 Å². The van der Waals surface area contributed by atoms with E-state index >= 15 is 0 Å². The van der Waals surface area contributed by atoms with Gasteiger partial charge in [-0.25, -0.2) is 0 Å². The first-order chi connectivity index (χ1) is 9.84. The maximum atomic E-state index is 12.3. The van der Waals surface area contributed by atoms with Crippen molar-refractivity contribution in [1.82, 2.24) is 0 Å². The fraction of sp³-hybridized carbons (Fsp3) is 0.0714. The molecule has 0 aliphatic heterocycles. The molecule has 8 heteroatoms. The molecule has 0 unspecified atom stereocenters. The first-order valence-corrected chi connectivity index (χ1v) is 7.27. The monoisotopic (exact) mass is 372 g/mol. The minimum atomic E-state index is -4.59. The predicted octanol–water partition coefficient (Wildman–Crippen LogP) is 1.88. The number of carbonyl (C=O) groups is 1. The second-order valence-corrected chi connectivity index (χ2v) is 5.58. The van der Waals surface area contributed by atoms with Gasteiger partial charge < -0.3 is 9.84 Å². The van der Waals surface area contributed by atoms with Crippen molar-refractivity contribution in [1.29, 1.82) is 0 Å². The minimum absolute atomic E-state index is 0. The normalized spacial score (nSPS) is 10.6. The second-order valence-electron chi connectivity index (χ2n) is 4.19. The third-order valence-corrected chi connectivity index (χ3v) is 3.72. The van der Waals surface area contributed by atoms with Crippen LogP contribution in [-0.4, -0.2) is 31.0 Å². The largest absolute Gasteiger partial charge is 0.507 e. The molecule has 0 bridgehead atoms. The summed E-state index contributed by atoms with van der Waals surface area (Å²) in [5.74, 6) is -1.26. The van der Waals surface area contributed by atoms with Crippen LogP contribution in [0.25, 0.3) is 0 Å². The van der Waals surface area contributed by atoms with Crippen LogP contribution in [0.3, 0.4) is 0 Å². The SMILES string of the molecule is COc1cc(O)c(C(=O)c2ccccc2)cc1S(=O)(=O)O.[Zn]. The number of hydrogen-bond donors (Lipinski definition) is 2. The van der Waals surface area contributed by atoms with E-state index in [1.165, 1.54) is 19.2 Å². The molecule has 0 saturated carbocycles. The molecule has 6 nitrogen and oxygen atoms in total. The molecule has 2 N–H and O–H groups in total. The van der Waals surface area contributed by atoms with Gasteiger partial charge in [0.05, 0.1) is 12.7 Å². The van der Waals surface area contributed by atoms with E-state index in [2.05, 4.69) is 0 Å². The molecule has 112 valence electrons. The van der Waals surface area contributed by atoms with Gasteiger partial charge in [0.1, 0.15) is 16.4 Å². The van der Waals surface area contributed by atoms with Crippen LogP contribution in [0.15, 0.2) is 47.4 Å². The van der Waals surface area contributed by atoms with E-state index in [1.54, 1.807) is 18.2 Å². The number of ether oxygens (including phenoxy) is 1. The summed E-state index contributed by atoms with van der Waals surface area (Å²) in [5.41, 5.74) is 0.0360. The molecule has 0 spiro atoms. The first kappa shape index (κ1) is 18.3. The van der Waals surface area contributed by atoms with Crippen LogP contribution in [0.2, 0.25) is 0 Å². The summed E-state index contributed by atoms with van der Waals surface area (Å²) >= 11 is 0. The molecule has 0 fully saturated rings. The molecule has 2 aromatic carbocycles. The molecular weight excluding hydrogens is 362 g/mol. The molecule has 0 amide bonds. The topological polar surface area (TPSA) is 101 Å². The Morgan fingerprint density at radius 1 is 1.14 bits per heavy atom. The molecule has 0 atom stereocenters. The summed E-state index contributed by atoms with van der Waals surface area (Å²) in [6, 6.07) is 9.90. The smallest absolute Gasteiger partial charge is 0.298 e. The molecule has 0 aliphatic rings. The van der Waals surface area contributed by atoms with E-state index in [0.717, 1.165) is 12.1 Å². The van der Waals surface area contributed by atoms with E-state index in [0.29, 0.717) is 0 Å². The summed E-state index contributed by atoms with van der Waals surface area (Å²) in [7, 11) is -3.41. The van der Waals surface area contributed by atoms with Gasteiger partial charge in [0.25, 0.3) is 10.1 Å². The number of methoxy groups -OCH3 is 1. The second kappa shape index (κ2) is 7.00. The van der Waals surface area contributed by atoms with Crippen LogP contribution >= 0.6 is 0 Å². The first-order valence-electron chi connectivity index (χ1n) is 5.83. The van der Waals surface area contributed by atoms with Crippen LogP contribution in [0.5, 0.6) is 11.5 Å². The Morgan fingerprint density at radius 3 is 2.23 bits per heavy atom. The summed E-state index contributed by atoms with van der Waals surface area (Å²) in [4.78, 5) is 11.7. The Hall–Kier alpha value is -1.76. The van der Waals surface area contributed by atoms with Crippen LogP contribution < -0.4 is 4.74 Å². The molecule has 0 saturated heterocycles. The standard InChI is InChI=1S/C14H12O6S.Zn/c1-20-12-8-11(15)10(7-13(12)21(17,18)19)14(16)9-5-3-2-4-6-9;/h2-8,15H,1H3,(H,17,18,19);. The molecule has 0 aromatic heterocycles. The Bertz CT molecular complexity index is 786. The number of carbonyl (C=O) groups excluding carboxylic acids is 1. The Labute approximate surface area is 140 Å². The van der Waals surface area contributed by atoms with Crippen molar-refractivity contribution in [2.24, 2.45) is 0 Å². The maximum absolute atomic E-state index is 12.3. The maximum Gasteiger partial charge on any atom is 0.298 e. The molecule has 0 heterocycles. The third kappa shape index (κ3) is 3.71. The fourth-order valence-electron chi connectivity index (χ4n) is 1.84. The van der Waals surface area contributed by atoms with Gasteiger partial charge in [-0.1, -0.05) is 30.3 Å². The number of hydrogen-bond acceptors (Lipinski definition) is 5. The quantitative estimate of drug-likeness (QED) is 0.482. The fourth-order valence-corrected chi connectivity index (χ4v) is 2.50. The molecule has 0 aliphatic carbocycles. The molecule has 22 heavy (non-hydrogen) atoms. The van der Waals surface area contributed by atoms with Crippen molar-refractivity contribution < 1.29 is 47.1 Å². The van der Waals surface area contributed by atoms with Gasteiger partial charge in [0.15, 0.2) is 5.78 Å². The molecular formula is C14H12O6SZn. The van der Waals surface area contributed by atoms with E-state index in [4.69, 9.17) is 9.29 Å². The average molecular weight is 374 g/mol. The van der Waals surface area contributed by atoms with Gasteiger partial charge in [0.2, 0.25) is 0 Å². The van der Waals surface area contributed by atoms with Gasteiger partial charge in [0, 0.05) is 31.1 Å². The van der Waals surface area contributed by atoms with Crippen LogP contribution in [-0.2, 0) is 29.6 Å². The van der Waals surface area contributed by atoms with Gasteiger partial charge in [-0.05, 0) is 6.07 Å². The minimum Gasteiger partial charge on any atom is -0.507 e. The zero-order chi connectivity index (χ0) is 15.6. The van der Waals surface area contributed by atoms with Crippen LogP contribution in [0.4, 0.5) is 0 Å². The van der Waals surface area contributed by atoms with Crippen molar-refractivity contribution >= 4 is 15.9 Å². The molecule has 0 radical (unpaired) electrons. The van der Waals surface area contributed by atoms with Crippen molar-refractivity contribution in [3.05, 3.63) is 53.6 Å². The van der Waals surface area contributed by atoms with E-state index < -0.39 is 26.5 Å². The Balaban J connectivity index is 0.00000242. The number of ketones is 1. The predicted molar refractivity (Wildman–Crippen MR) is 74.3 cm³/mol. The number of phenolic OH excluding ortho intramolecular Hbond substituents is 1. The van der Waals surface area contributed by atoms with Gasteiger partial charge in [-0.3, -0.25) is 9.35 Å². The zero-order valence-corrected chi connectivity index (χ0v) is 15.5. The average Bonchev–Trinajstić information content (AvgIpc) is 2.45. The van der Waals surface area contributed by atoms with Crippen molar-refractivity contribution in [2.75, 3.05) is 7.11 Å². The zero-order valence-electron chi connectivity index (χ0n) is 11.7. The van der Waals surface area contributed by atoms with E-state index in [-0.39, 0.29) is 36.4 Å². The Kier molecular flexibility index (Phi) is 5.82. The molecule has 2 aromatic rings. The van der Waals surface area contributed by atoms with Crippen molar-refractivity contribution in [2.45, 2.75) is 4.90 Å². The number of rotatable bonds is 4. The molecule has 2 rings (SSSR count).